The van der Waals surface area contributed by atoms with Crippen molar-refractivity contribution >= 4 is 44.3 Å². The minimum atomic E-state index is -3.48. The molecule has 2 aromatic heterocycles. The number of nitrogens with zero attached hydrogens (tertiary/aromatic N) is 4. The molecule has 1 aliphatic heterocycles. The maximum absolute atomic E-state index is 12.7. The Morgan fingerprint density at radius 2 is 1.91 bits per heavy atom. The lowest BCUT2D eigenvalue weighted by atomic mass is 10.1. The molecular formula is C22H24ClN5O3S. The van der Waals surface area contributed by atoms with E-state index in [1.807, 2.05) is 18.2 Å². The number of piperazine rings is 1. The second-order valence-electron chi connectivity index (χ2n) is 7.60. The molecule has 32 heavy (non-hydrogen) atoms. The molecule has 1 aromatic carbocycles. The number of carbonyl (C=O) groups excluding carboxylic acids is 1. The maximum atomic E-state index is 12.7. The predicted molar refractivity (Wildman–Crippen MR) is 126 cm³/mol. The van der Waals surface area contributed by atoms with Crippen molar-refractivity contribution in [2.24, 2.45) is 0 Å². The predicted octanol–water partition coefficient (Wildman–Crippen LogP) is 2.47. The van der Waals surface area contributed by atoms with E-state index in [4.69, 9.17) is 11.6 Å². The summed E-state index contributed by atoms with van der Waals surface area (Å²) in [5.41, 5.74) is 1.72. The molecule has 0 spiro atoms. The molecule has 0 unspecified atom stereocenters. The van der Waals surface area contributed by atoms with Gasteiger partial charge in [0.25, 0.3) is 5.91 Å². The third-order valence-electron chi connectivity index (χ3n) is 5.46. The average Bonchev–Trinajstić information content (AvgIpc) is 2.79. The van der Waals surface area contributed by atoms with Crippen LogP contribution in [0.4, 0.5) is 5.82 Å². The van der Waals surface area contributed by atoms with E-state index in [0.717, 1.165) is 16.7 Å². The van der Waals surface area contributed by atoms with Gasteiger partial charge < -0.3 is 10.2 Å². The number of aromatic nitrogens is 2. The fourth-order valence-electron chi connectivity index (χ4n) is 3.73. The topological polar surface area (TPSA) is 95.5 Å². The van der Waals surface area contributed by atoms with Gasteiger partial charge in [-0.3, -0.25) is 9.78 Å². The number of hydrogen-bond donors (Lipinski definition) is 1. The first-order valence-corrected chi connectivity index (χ1v) is 12.3. The minimum Gasteiger partial charge on any atom is -0.354 e. The lowest BCUT2D eigenvalue weighted by molar-refractivity contribution is 0.0955. The van der Waals surface area contributed by atoms with Crippen molar-refractivity contribution in [3.63, 3.8) is 0 Å². The molecule has 1 N–H and O–H groups in total. The van der Waals surface area contributed by atoms with Crippen LogP contribution in [0, 0.1) is 6.92 Å². The second-order valence-corrected chi connectivity index (χ2v) is 10.1. The summed E-state index contributed by atoms with van der Waals surface area (Å²) in [6.07, 6.45) is 1.72. The molecule has 10 heteroatoms. The van der Waals surface area contributed by atoms with E-state index in [2.05, 4.69) is 20.2 Å². The number of anilines is 1. The number of sulfonamides is 1. The molecule has 1 aliphatic rings. The van der Waals surface area contributed by atoms with Gasteiger partial charge in [0.1, 0.15) is 5.82 Å². The van der Waals surface area contributed by atoms with Crippen molar-refractivity contribution in [3.8, 4) is 0 Å². The largest absolute Gasteiger partial charge is 0.354 e. The van der Waals surface area contributed by atoms with Crippen molar-refractivity contribution in [2.45, 2.75) is 6.92 Å². The Kier molecular flexibility index (Phi) is 6.59. The molecule has 3 heterocycles. The Hall–Kier alpha value is -2.75. The summed E-state index contributed by atoms with van der Waals surface area (Å²) in [6, 6.07) is 12.7. The van der Waals surface area contributed by atoms with Crippen LogP contribution in [0.1, 0.15) is 16.1 Å². The molecule has 0 saturated carbocycles. The Balaban J connectivity index is 1.33. The van der Waals surface area contributed by atoms with Crippen molar-refractivity contribution in [3.05, 3.63) is 64.9 Å². The standard InChI is InChI=1S/C22H24ClN5O3S/c1-16-19(15-17-14-18(23)5-6-20(17)26-16)22(29)25-8-13-32(30,31)28-11-9-27(10-12-28)21-4-2-3-7-24-21/h2-7,14-15H,8-13H2,1H3,(H,25,29). The van der Waals surface area contributed by atoms with E-state index >= 15 is 0 Å². The highest BCUT2D eigenvalue weighted by atomic mass is 35.5. The number of hydrogen-bond acceptors (Lipinski definition) is 6. The summed E-state index contributed by atoms with van der Waals surface area (Å²) < 4.78 is 27.0. The van der Waals surface area contributed by atoms with Crippen molar-refractivity contribution in [1.82, 2.24) is 19.6 Å². The number of aryl methyl sites for hydroxylation is 1. The highest BCUT2D eigenvalue weighted by molar-refractivity contribution is 7.89. The van der Waals surface area contributed by atoms with Crippen LogP contribution in [-0.4, -0.2) is 67.1 Å². The molecule has 1 amide bonds. The second kappa shape index (κ2) is 9.40. The maximum Gasteiger partial charge on any atom is 0.253 e. The van der Waals surface area contributed by atoms with Gasteiger partial charge in [0.15, 0.2) is 0 Å². The van der Waals surface area contributed by atoms with Crippen LogP contribution < -0.4 is 10.2 Å². The number of nitrogens with one attached hydrogen (secondary N) is 1. The molecule has 0 radical (unpaired) electrons. The lowest BCUT2D eigenvalue weighted by Crippen LogP contribution is -2.50. The summed E-state index contributed by atoms with van der Waals surface area (Å²) in [5, 5.41) is 4.03. The smallest absolute Gasteiger partial charge is 0.253 e. The fourth-order valence-corrected chi connectivity index (χ4v) is 5.25. The number of halogens is 1. The molecule has 4 rings (SSSR count). The first kappa shape index (κ1) is 22.4. The van der Waals surface area contributed by atoms with Crippen molar-refractivity contribution < 1.29 is 13.2 Å². The third-order valence-corrected chi connectivity index (χ3v) is 7.57. The first-order chi connectivity index (χ1) is 15.3. The minimum absolute atomic E-state index is 0.0225. The fraction of sp³-hybridized carbons (Fsp3) is 0.318. The Labute approximate surface area is 192 Å². The summed E-state index contributed by atoms with van der Waals surface area (Å²) in [4.78, 5) is 23.5. The molecular weight excluding hydrogens is 450 g/mol. The van der Waals surface area contributed by atoms with E-state index in [9.17, 15) is 13.2 Å². The van der Waals surface area contributed by atoms with E-state index < -0.39 is 10.0 Å². The van der Waals surface area contributed by atoms with Gasteiger partial charge in [0.2, 0.25) is 10.0 Å². The Morgan fingerprint density at radius 1 is 1.12 bits per heavy atom. The van der Waals surface area contributed by atoms with Crippen molar-refractivity contribution in [1.29, 1.82) is 0 Å². The zero-order chi connectivity index (χ0) is 22.7. The third kappa shape index (κ3) is 5.01. The van der Waals surface area contributed by atoms with Gasteiger partial charge in [-0.1, -0.05) is 17.7 Å². The van der Waals surface area contributed by atoms with Crippen LogP contribution in [0.2, 0.25) is 5.02 Å². The zero-order valence-electron chi connectivity index (χ0n) is 17.7. The summed E-state index contributed by atoms with van der Waals surface area (Å²) in [6.45, 7) is 3.71. The number of rotatable bonds is 6. The molecule has 3 aromatic rings. The summed E-state index contributed by atoms with van der Waals surface area (Å²) in [7, 11) is -3.48. The number of pyridine rings is 2. The molecule has 8 nitrogen and oxygen atoms in total. The normalized spacial score (nSPS) is 15.1. The van der Waals surface area contributed by atoms with Gasteiger partial charge in [0.05, 0.1) is 22.5 Å². The van der Waals surface area contributed by atoms with Gasteiger partial charge in [-0.2, -0.15) is 4.31 Å². The monoisotopic (exact) mass is 473 g/mol. The number of benzene rings is 1. The molecule has 168 valence electrons. The van der Waals surface area contributed by atoms with Crippen LogP contribution in [-0.2, 0) is 10.0 Å². The Bertz CT molecular complexity index is 1230. The average molecular weight is 474 g/mol. The van der Waals surface area contributed by atoms with Crippen LogP contribution in [0.25, 0.3) is 10.9 Å². The first-order valence-electron chi connectivity index (χ1n) is 10.3. The number of amides is 1. The molecule has 1 saturated heterocycles. The van der Waals surface area contributed by atoms with Gasteiger partial charge >= 0.3 is 0 Å². The van der Waals surface area contributed by atoms with Crippen LogP contribution in [0.5, 0.6) is 0 Å². The number of fused-ring (bicyclic) bond motifs is 1. The van der Waals surface area contributed by atoms with E-state index in [1.54, 1.807) is 37.4 Å². The zero-order valence-corrected chi connectivity index (χ0v) is 19.2. The molecule has 0 bridgehead atoms. The van der Waals surface area contributed by atoms with Crippen LogP contribution >= 0.6 is 11.6 Å². The Morgan fingerprint density at radius 3 is 2.62 bits per heavy atom. The highest BCUT2D eigenvalue weighted by Gasteiger charge is 2.27. The van der Waals surface area contributed by atoms with E-state index in [-0.39, 0.29) is 18.2 Å². The summed E-state index contributed by atoms with van der Waals surface area (Å²) >= 11 is 6.04. The van der Waals surface area contributed by atoms with Gasteiger partial charge in [-0.15, -0.1) is 0 Å². The van der Waals surface area contributed by atoms with Gasteiger partial charge in [-0.05, 0) is 43.3 Å². The highest BCUT2D eigenvalue weighted by Crippen LogP contribution is 2.21. The van der Waals surface area contributed by atoms with Crippen LogP contribution in [0.15, 0.2) is 48.7 Å². The van der Waals surface area contributed by atoms with E-state index in [0.29, 0.717) is 42.5 Å². The molecule has 0 atom stereocenters. The van der Waals surface area contributed by atoms with E-state index in [1.165, 1.54) is 4.31 Å². The quantitative estimate of drug-likeness (QED) is 0.591. The van der Waals surface area contributed by atoms with Crippen LogP contribution in [0.3, 0.4) is 0 Å². The SMILES string of the molecule is Cc1nc2ccc(Cl)cc2cc1C(=O)NCCS(=O)(=O)N1CCN(c2ccccn2)CC1. The summed E-state index contributed by atoms with van der Waals surface area (Å²) in [5.74, 6) is 0.332. The molecule has 0 aliphatic carbocycles. The lowest BCUT2D eigenvalue weighted by Gasteiger charge is -2.34. The number of carbonyl (C=O) groups is 1. The van der Waals surface area contributed by atoms with Crippen molar-refractivity contribution in [2.75, 3.05) is 43.4 Å². The molecule has 1 fully saturated rings. The van der Waals surface area contributed by atoms with Gasteiger partial charge in [0, 0.05) is 49.3 Å². The van der Waals surface area contributed by atoms with Gasteiger partial charge in [-0.25, -0.2) is 13.4 Å².